The highest BCUT2D eigenvalue weighted by molar-refractivity contribution is 5.92. The number of amides is 3. The van der Waals surface area contributed by atoms with E-state index < -0.39 is 23.8 Å². The van der Waals surface area contributed by atoms with Gasteiger partial charge in [0.25, 0.3) is 0 Å². The topological polar surface area (TPSA) is 87.7 Å². The van der Waals surface area contributed by atoms with E-state index in [9.17, 15) is 14.4 Å². The Bertz CT molecular complexity index is 1140. The highest BCUT2D eigenvalue weighted by Crippen LogP contribution is 2.28. The summed E-state index contributed by atoms with van der Waals surface area (Å²) in [7, 11) is 0. The Balaban J connectivity index is 2.55. The van der Waals surface area contributed by atoms with Crippen LogP contribution in [0.3, 0.4) is 0 Å². The van der Waals surface area contributed by atoms with Gasteiger partial charge in [-0.3, -0.25) is 9.59 Å². The van der Waals surface area contributed by atoms with E-state index in [2.05, 4.69) is 24.5 Å². The molecule has 2 aromatic carbocycles. The van der Waals surface area contributed by atoms with Crippen LogP contribution in [-0.2, 0) is 20.7 Å². The zero-order valence-corrected chi connectivity index (χ0v) is 27.6. The van der Waals surface area contributed by atoms with Crippen molar-refractivity contribution in [1.29, 1.82) is 0 Å². The predicted molar refractivity (Wildman–Crippen MR) is 175 cm³/mol. The molecule has 2 aromatic rings. The molecule has 0 radical (unpaired) electrons. The third-order valence-corrected chi connectivity index (χ3v) is 7.43. The lowest BCUT2D eigenvalue weighted by molar-refractivity contribution is -0.142. The fourth-order valence-electron chi connectivity index (χ4n) is 5.14. The Hall–Kier alpha value is -3.35. The number of hydrogen-bond donors (Lipinski definition) is 2. The van der Waals surface area contributed by atoms with Gasteiger partial charge in [0.2, 0.25) is 11.8 Å². The lowest BCUT2D eigenvalue weighted by Gasteiger charge is -2.35. The second-order valence-corrected chi connectivity index (χ2v) is 12.6. The molecular formula is C36H55N3O4. The third kappa shape index (κ3) is 12.8. The molecule has 238 valence electrons. The molecule has 2 N–H and O–H groups in total. The summed E-state index contributed by atoms with van der Waals surface area (Å²) in [6, 6.07) is 13.9. The maximum Gasteiger partial charge on any atom is 0.408 e. The molecule has 2 atom stereocenters. The van der Waals surface area contributed by atoms with Crippen LogP contribution >= 0.6 is 0 Å². The van der Waals surface area contributed by atoms with Crippen molar-refractivity contribution in [2.24, 2.45) is 0 Å². The minimum atomic E-state index is -0.909. The van der Waals surface area contributed by atoms with Gasteiger partial charge in [0.05, 0.1) is 0 Å². The summed E-state index contributed by atoms with van der Waals surface area (Å²) >= 11 is 0. The fourth-order valence-corrected chi connectivity index (χ4v) is 5.14. The van der Waals surface area contributed by atoms with E-state index in [0.717, 1.165) is 73.6 Å². The van der Waals surface area contributed by atoms with E-state index in [1.807, 2.05) is 62.4 Å². The van der Waals surface area contributed by atoms with Crippen molar-refractivity contribution in [3.63, 3.8) is 0 Å². The van der Waals surface area contributed by atoms with E-state index in [4.69, 9.17) is 4.74 Å². The van der Waals surface area contributed by atoms with E-state index in [1.54, 1.807) is 25.7 Å². The summed E-state index contributed by atoms with van der Waals surface area (Å²) in [6.07, 6.45) is 7.61. The summed E-state index contributed by atoms with van der Waals surface area (Å²) in [5, 5.41) is 5.98. The maximum atomic E-state index is 14.6. The first kappa shape index (κ1) is 35.8. The normalized spacial score (nSPS) is 12.7. The van der Waals surface area contributed by atoms with Crippen LogP contribution in [0.1, 0.15) is 114 Å². The predicted octanol–water partition coefficient (Wildman–Crippen LogP) is 7.59. The lowest BCUT2D eigenvalue weighted by atomic mass is 9.95. The van der Waals surface area contributed by atoms with Gasteiger partial charge in [-0.05, 0) is 64.2 Å². The Morgan fingerprint density at radius 2 is 1.51 bits per heavy atom. The van der Waals surface area contributed by atoms with E-state index in [1.165, 1.54) is 0 Å². The monoisotopic (exact) mass is 593 g/mol. The molecule has 0 aromatic heterocycles. The number of ether oxygens (including phenoxy) is 1. The largest absolute Gasteiger partial charge is 0.444 e. The van der Waals surface area contributed by atoms with Crippen LogP contribution in [0.25, 0.3) is 0 Å². The van der Waals surface area contributed by atoms with Gasteiger partial charge in [0.1, 0.15) is 17.7 Å². The van der Waals surface area contributed by atoms with Crippen molar-refractivity contribution >= 4 is 17.9 Å². The lowest BCUT2D eigenvalue weighted by Crippen LogP contribution is -2.54. The SMILES string of the molecule is CCCCCCCN(C(=O)C(Cc1ccccc1)NC(=O)OC(C)(C)C)C(C(=O)NCCCCC)c1cc(C)ccc1C. The van der Waals surface area contributed by atoms with Crippen molar-refractivity contribution in [3.05, 3.63) is 70.8 Å². The number of unbranched alkanes of at least 4 members (excludes halogenated alkanes) is 6. The number of benzene rings is 2. The molecule has 43 heavy (non-hydrogen) atoms. The second kappa shape index (κ2) is 18.3. The molecule has 0 heterocycles. The van der Waals surface area contributed by atoms with Crippen LogP contribution in [0.5, 0.6) is 0 Å². The molecule has 0 aliphatic rings. The molecule has 2 rings (SSSR count). The highest BCUT2D eigenvalue weighted by Gasteiger charge is 2.36. The van der Waals surface area contributed by atoms with Crippen LogP contribution in [0.4, 0.5) is 4.79 Å². The molecular weight excluding hydrogens is 538 g/mol. The van der Waals surface area contributed by atoms with E-state index >= 15 is 0 Å². The van der Waals surface area contributed by atoms with Gasteiger partial charge >= 0.3 is 6.09 Å². The minimum absolute atomic E-state index is 0.192. The minimum Gasteiger partial charge on any atom is -0.444 e. The zero-order valence-electron chi connectivity index (χ0n) is 27.6. The van der Waals surface area contributed by atoms with Crippen molar-refractivity contribution < 1.29 is 19.1 Å². The third-order valence-electron chi connectivity index (χ3n) is 7.43. The number of alkyl carbamates (subject to hydrolysis) is 1. The summed E-state index contributed by atoms with van der Waals surface area (Å²) in [4.78, 5) is 43.4. The molecule has 7 heteroatoms. The molecule has 0 saturated carbocycles. The number of nitrogens with zero attached hydrogens (tertiary/aromatic N) is 1. The van der Waals surface area contributed by atoms with Gasteiger partial charge < -0.3 is 20.3 Å². The second-order valence-electron chi connectivity index (χ2n) is 12.6. The average Bonchev–Trinajstić information content (AvgIpc) is 2.95. The number of carbonyl (C=O) groups excluding carboxylic acids is 3. The molecule has 0 spiro atoms. The number of nitrogens with one attached hydrogen (secondary N) is 2. The van der Waals surface area contributed by atoms with Gasteiger partial charge in [-0.25, -0.2) is 4.79 Å². The first-order valence-corrected chi connectivity index (χ1v) is 16.2. The van der Waals surface area contributed by atoms with Crippen LogP contribution in [0, 0.1) is 13.8 Å². The van der Waals surface area contributed by atoms with Crippen molar-refractivity contribution in [3.8, 4) is 0 Å². The summed E-state index contributed by atoms with van der Waals surface area (Å²) < 4.78 is 5.56. The molecule has 0 fully saturated rings. The Morgan fingerprint density at radius 3 is 2.16 bits per heavy atom. The van der Waals surface area contributed by atoms with Gasteiger partial charge in [0, 0.05) is 19.5 Å². The molecule has 2 unspecified atom stereocenters. The molecule has 0 bridgehead atoms. The van der Waals surface area contributed by atoms with Gasteiger partial charge in [-0.2, -0.15) is 0 Å². The van der Waals surface area contributed by atoms with Gasteiger partial charge in [0.15, 0.2) is 0 Å². The van der Waals surface area contributed by atoms with Crippen molar-refractivity contribution in [1.82, 2.24) is 15.5 Å². The number of aryl methyl sites for hydroxylation is 2. The molecule has 7 nitrogen and oxygen atoms in total. The van der Waals surface area contributed by atoms with Gasteiger partial charge in [-0.15, -0.1) is 0 Å². The Labute approximate surface area is 260 Å². The smallest absolute Gasteiger partial charge is 0.408 e. The first-order chi connectivity index (χ1) is 20.5. The quantitative estimate of drug-likeness (QED) is 0.185. The summed E-state index contributed by atoms with van der Waals surface area (Å²) in [5.41, 5.74) is 2.97. The molecule has 0 saturated heterocycles. The standard InChI is InChI=1S/C36H55N3O4/c1-8-10-12-13-18-24-39(32(33(40)37-23-17-11-9-2)30-25-27(3)21-22-28(30)4)34(41)31(26-29-19-15-14-16-20-29)38-35(42)43-36(5,6)7/h14-16,19-22,25,31-32H,8-13,17-18,23-24,26H2,1-7H3,(H,37,40)(H,38,42). The van der Waals surface area contributed by atoms with E-state index in [0.29, 0.717) is 13.1 Å². The van der Waals surface area contributed by atoms with Crippen molar-refractivity contribution in [2.75, 3.05) is 13.1 Å². The Kier molecular flexibility index (Phi) is 15.3. The zero-order chi connectivity index (χ0) is 31.8. The first-order valence-electron chi connectivity index (χ1n) is 16.2. The Morgan fingerprint density at radius 1 is 0.860 bits per heavy atom. The van der Waals surface area contributed by atoms with E-state index in [-0.39, 0.29) is 18.2 Å². The summed E-state index contributed by atoms with van der Waals surface area (Å²) in [5.74, 6) is -0.484. The number of carbonyl (C=O) groups is 3. The summed E-state index contributed by atoms with van der Waals surface area (Å²) in [6.45, 7) is 14.6. The molecule has 0 aliphatic carbocycles. The molecule has 3 amide bonds. The molecule has 0 aliphatic heterocycles. The highest BCUT2D eigenvalue weighted by atomic mass is 16.6. The maximum absolute atomic E-state index is 14.6. The van der Waals surface area contributed by atoms with Crippen molar-refractivity contribution in [2.45, 2.75) is 124 Å². The van der Waals surface area contributed by atoms with Crippen LogP contribution in [0.2, 0.25) is 0 Å². The van der Waals surface area contributed by atoms with Crippen LogP contribution < -0.4 is 10.6 Å². The fraction of sp³-hybridized carbons (Fsp3) is 0.583. The number of hydrogen-bond acceptors (Lipinski definition) is 4. The number of rotatable bonds is 17. The van der Waals surface area contributed by atoms with Crippen LogP contribution in [0.15, 0.2) is 48.5 Å². The van der Waals surface area contributed by atoms with Gasteiger partial charge in [-0.1, -0.05) is 106 Å². The van der Waals surface area contributed by atoms with Crippen LogP contribution in [-0.4, -0.2) is 47.5 Å². The average molecular weight is 594 g/mol.